The maximum absolute atomic E-state index is 14.1. The Morgan fingerprint density at radius 1 is 1.15 bits per heavy atom. The fraction of sp³-hybridized carbons (Fsp3) is 0.238. The van der Waals surface area contributed by atoms with Gasteiger partial charge in [0.25, 0.3) is 0 Å². The van der Waals surface area contributed by atoms with Crippen molar-refractivity contribution in [1.29, 1.82) is 0 Å². The number of benzene rings is 1. The summed E-state index contributed by atoms with van der Waals surface area (Å²) < 4.78 is 70.8. The van der Waals surface area contributed by atoms with Crippen LogP contribution >= 0.6 is 0 Å². The van der Waals surface area contributed by atoms with E-state index in [1.54, 1.807) is 6.92 Å². The standard InChI is InChI=1S/C21H16F5N5O3/c1-10-16(9-28-19(10)32)20(33)29-18-6-17(31(30-18)14-4-13(23)7-27-8-14)11-2-12(22)5-15(3-11)34-21(24,25)26/h2-8,10,16H,9H2,1H3,(H,28,32)(H,29,30,33)/t10?,16-/m0/s1. The Kier molecular flexibility index (Phi) is 5.94. The Labute approximate surface area is 188 Å². The van der Waals surface area contributed by atoms with Gasteiger partial charge in [-0.1, -0.05) is 6.92 Å². The van der Waals surface area contributed by atoms with Gasteiger partial charge in [-0.25, -0.2) is 13.5 Å². The van der Waals surface area contributed by atoms with Crippen molar-refractivity contribution in [2.24, 2.45) is 11.8 Å². The molecule has 1 unspecified atom stereocenters. The van der Waals surface area contributed by atoms with Gasteiger partial charge in [0.2, 0.25) is 11.8 Å². The second-order valence-corrected chi connectivity index (χ2v) is 7.54. The zero-order chi connectivity index (χ0) is 24.6. The van der Waals surface area contributed by atoms with E-state index in [9.17, 15) is 31.5 Å². The third-order valence-electron chi connectivity index (χ3n) is 5.15. The van der Waals surface area contributed by atoms with E-state index in [0.717, 1.165) is 29.1 Å². The minimum atomic E-state index is -5.06. The zero-order valence-corrected chi connectivity index (χ0v) is 17.4. The van der Waals surface area contributed by atoms with Gasteiger partial charge in [-0.15, -0.1) is 18.3 Å². The molecule has 1 aromatic carbocycles. The Hall–Kier alpha value is -4.03. The van der Waals surface area contributed by atoms with Crippen LogP contribution in [0.4, 0.5) is 27.8 Å². The maximum Gasteiger partial charge on any atom is 0.573 e. The van der Waals surface area contributed by atoms with Crippen LogP contribution in [0.15, 0.2) is 42.7 Å². The van der Waals surface area contributed by atoms with Crippen LogP contribution in [-0.4, -0.2) is 39.5 Å². The molecule has 2 aromatic heterocycles. The normalized spacial score (nSPS) is 18.0. The average molecular weight is 481 g/mol. The molecule has 1 aliphatic heterocycles. The Balaban J connectivity index is 1.75. The number of pyridine rings is 1. The molecule has 0 bridgehead atoms. The molecule has 13 heteroatoms. The van der Waals surface area contributed by atoms with E-state index in [4.69, 9.17) is 0 Å². The quantitative estimate of drug-likeness (QED) is 0.545. The van der Waals surface area contributed by atoms with Crippen molar-refractivity contribution in [3.63, 3.8) is 0 Å². The van der Waals surface area contributed by atoms with Crippen molar-refractivity contribution in [3.05, 3.63) is 54.4 Å². The summed E-state index contributed by atoms with van der Waals surface area (Å²) in [4.78, 5) is 28.1. The average Bonchev–Trinajstić information content (AvgIpc) is 3.30. The van der Waals surface area contributed by atoms with Crippen molar-refractivity contribution in [2.75, 3.05) is 11.9 Å². The van der Waals surface area contributed by atoms with Gasteiger partial charge in [0, 0.05) is 36.2 Å². The molecule has 34 heavy (non-hydrogen) atoms. The number of anilines is 1. The van der Waals surface area contributed by atoms with Gasteiger partial charge < -0.3 is 15.4 Å². The molecule has 2 atom stereocenters. The van der Waals surface area contributed by atoms with Gasteiger partial charge >= 0.3 is 6.36 Å². The predicted molar refractivity (Wildman–Crippen MR) is 108 cm³/mol. The van der Waals surface area contributed by atoms with Crippen LogP contribution in [0, 0.1) is 23.5 Å². The molecule has 0 radical (unpaired) electrons. The van der Waals surface area contributed by atoms with Gasteiger partial charge in [0.1, 0.15) is 17.4 Å². The van der Waals surface area contributed by atoms with Crippen LogP contribution in [0.3, 0.4) is 0 Å². The van der Waals surface area contributed by atoms with Crippen molar-refractivity contribution >= 4 is 17.6 Å². The molecule has 3 aromatic rings. The number of ether oxygens (including phenoxy) is 1. The van der Waals surface area contributed by atoms with Crippen molar-refractivity contribution in [3.8, 4) is 22.7 Å². The summed E-state index contributed by atoms with van der Waals surface area (Å²) in [5.41, 5.74) is -0.0189. The number of carbonyl (C=O) groups excluding carboxylic acids is 2. The number of halogens is 5. The number of hydrogen-bond donors (Lipinski definition) is 2. The van der Waals surface area contributed by atoms with E-state index in [1.807, 2.05) is 0 Å². The molecule has 4 rings (SSSR count). The second kappa shape index (κ2) is 8.72. The van der Waals surface area contributed by atoms with Gasteiger partial charge in [-0.05, 0) is 12.1 Å². The number of aromatic nitrogens is 3. The molecule has 178 valence electrons. The van der Waals surface area contributed by atoms with Crippen LogP contribution in [0.2, 0.25) is 0 Å². The smallest absolute Gasteiger partial charge is 0.406 e. The number of hydrogen-bond acceptors (Lipinski definition) is 5. The highest BCUT2D eigenvalue weighted by molar-refractivity contribution is 5.98. The Morgan fingerprint density at radius 2 is 1.91 bits per heavy atom. The van der Waals surface area contributed by atoms with Gasteiger partial charge in [0.05, 0.1) is 29.7 Å². The number of nitrogens with zero attached hydrogens (tertiary/aromatic N) is 3. The third kappa shape index (κ3) is 4.97. The largest absolute Gasteiger partial charge is 0.573 e. The van der Waals surface area contributed by atoms with Gasteiger partial charge in [-0.3, -0.25) is 14.6 Å². The SMILES string of the molecule is CC1C(=O)NC[C@@H]1C(=O)Nc1cc(-c2cc(F)cc(OC(F)(F)F)c2)n(-c2cncc(F)c2)n1. The number of carbonyl (C=O) groups is 2. The molecule has 2 amide bonds. The van der Waals surface area contributed by atoms with Gasteiger partial charge in [0.15, 0.2) is 5.82 Å². The van der Waals surface area contributed by atoms with E-state index >= 15 is 0 Å². The summed E-state index contributed by atoms with van der Waals surface area (Å²) in [5.74, 6) is -4.71. The first-order valence-electron chi connectivity index (χ1n) is 9.86. The summed E-state index contributed by atoms with van der Waals surface area (Å²) in [6, 6.07) is 4.71. The van der Waals surface area contributed by atoms with E-state index < -0.39 is 41.5 Å². The lowest BCUT2D eigenvalue weighted by Crippen LogP contribution is -2.28. The third-order valence-corrected chi connectivity index (χ3v) is 5.15. The number of nitrogens with one attached hydrogen (secondary N) is 2. The highest BCUT2D eigenvalue weighted by Gasteiger charge is 2.36. The molecule has 0 saturated carbocycles. The van der Waals surface area contributed by atoms with Crippen molar-refractivity contribution in [2.45, 2.75) is 13.3 Å². The Bertz CT molecular complexity index is 1260. The summed E-state index contributed by atoms with van der Waals surface area (Å²) in [6.45, 7) is 1.71. The summed E-state index contributed by atoms with van der Waals surface area (Å²) in [5, 5.41) is 9.28. The lowest BCUT2D eigenvalue weighted by atomic mass is 9.97. The lowest BCUT2D eigenvalue weighted by molar-refractivity contribution is -0.274. The fourth-order valence-electron chi connectivity index (χ4n) is 3.53. The van der Waals surface area contributed by atoms with E-state index in [0.29, 0.717) is 6.07 Å². The predicted octanol–water partition coefficient (Wildman–Crippen LogP) is 3.43. The van der Waals surface area contributed by atoms with Crippen molar-refractivity contribution in [1.82, 2.24) is 20.1 Å². The van der Waals surface area contributed by atoms with Crippen LogP contribution < -0.4 is 15.4 Å². The van der Waals surface area contributed by atoms with Crippen LogP contribution in [0.5, 0.6) is 5.75 Å². The first-order chi connectivity index (χ1) is 16.0. The van der Waals surface area contributed by atoms with Crippen molar-refractivity contribution < 1.29 is 36.3 Å². The summed E-state index contributed by atoms with van der Waals surface area (Å²) >= 11 is 0. The first-order valence-corrected chi connectivity index (χ1v) is 9.86. The van der Waals surface area contributed by atoms with E-state index in [2.05, 4.69) is 25.5 Å². The highest BCUT2D eigenvalue weighted by atomic mass is 19.4. The zero-order valence-electron chi connectivity index (χ0n) is 17.4. The van der Waals surface area contributed by atoms with E-state index in [1.165, 1.54) is 12.3 Å². The molecule has 1 aliphatic rings. The number of amides is 2. The summed E-state index contributed by atoms with van der Waals surface area (Å²) in [6.07, 6.45) is -2.90. The van der Waals surface area contributed by atoms with E-state index in [-0.39, 0.29) is 35.2 Å². The minimum absolute atomic E-state index is 0.0166. The van der Waals surface area contributed by atoms with Crippen LogP contribution in [0.25, 0.3) is 16.9 Å². The molecule has 0 spiro atoms. The number of rotatable bonds is 5. The molecule has 1 saturated heterocycles. The molecule has 0 aliphatic carbocycles. The molecule has 8 nitrogen and oxygen atoms in total. The second-order valence-electron chi connectivity index (χ2n) is 7.54. The Morgan fingerprint density at radius 3 is 2.56 bits per heavy atom. The molecular formula is C21H16F5N5O3. The lowest BCUT2D eigenvalue weighted by Gasteiger charge is -2.12. The van der Waals surface area contributed by atoms with Crippen LogP contribution in [-0.2, 0) is 9.59 Å². The molecular weight excluding hydrogens is 465 g/mol. The van der Waals surface area contributed by atoms with Gasteiger partial charge in [-0.2, -0.15) is 0 Å². The minimum Gasteiger partial charge on any atom is -0.406 e. The first kappa shape index (κ1) is 23.1. The fourth-order valence-corrected chi connectivity index (χ4v) is 3.53. The summed E-state index contributed by atoms with van der Waals surface area (Å²) in [7, 11) is 0. The maximum atomic E-state index is 14.1. The number of alkyl halides is 3. The molecule has 3 heterocycles. The highest BCUT2D eigenvalue weighted by Crippen LogP contribution is 2.32. The monoisotopic (exact) mass is 481 g/mol. The van der Waals surface area contributed by atoms with Crippen LogP contribution in [0.1, 0.15) is 6.92 Å². The molecule has 2 N–H and O–H groups in total. The topological polar surface area (TPSA) is 98.1 Å². The molecule has 1 fully saturated rings.